The first-order valence-electron chi connectivity index (χ1n) is 6.20. The second-order valence-electron chi connectivity index (χ2n) is 5.11. The van der Waals surface area contributed by atoms with Gasteiger partial charge in [0.15, 0.2) is 0 Å². The normalized spacial score (nSPS) is 17.6. The molecule has 5 heteroatoms. The monoisotopic (exact) mass is 242 g/mol. The number of amides is 1. The molecule has 1 amide bonds. The number of rotatable bonds is 7. The van der Waals surface area contributed by atoms with E-state index >= 15 is 0 Å². The molecule has 0 aromatic heterocycles. The van der Waals surface area contributed by atoms with E-state index in [0.29, 0.717) is 19.0 Å². The summed E-state index contributed by atoms with van der Waals surface area (Å²) in [5.74, 6) is -0.899. The molecule has 1 aliphatic rings. The van der Waals surface area contributed by atoms with Gasteiger partial charge in [0, 0.05) is 19.0 Å². The van der Waals surface area contributed by atoms with Crippen LogP contribution in [0.2, 0.25) is 0 Å². The lowest BCUT2D eigenvalue weighted by molar-refractivity contribution is -0.140. The number of carboxylic acids is 1. The molecule has 17 heavy (non-hydrogen) atoms. The predicted octanol–water partition coefficient (Wildman–Crippen LogP) is 0.888. The second kappa shape index (κ2) is 6.00. The Labute approximate surface area is 102 Å². The highest BCUT2D eigenvalue weighted by Crippen LogP contribution is 2.34. The van der Waals surface area contributed by atoms with Crippen molar-refractivity contribution in [3.05, 3.63) is 0 Å². The van der Waals surface area contributed by atoms with E-state index in [1.807, 2.05) is 13.8 Å². The first-order valence-corrected chi connectivity index (χ1v) is 6.20. The van der Waals surface area contributed by atoms with Gasteiger partial charge in [-0.05, 0) is 19.3 Å². The SMILES string of the molecule is CC(C)NCCC(=O)NC1(CC(=O)O)CCC1. The Kier molecular flexibility index (Phi) is 4.93. The summed E-state index contributed by atoms with van der Waals surface area (Å²) in [7, 11) is 0. The minimum Gasteiger partial charge on any atom is -0.481 e. The summed E-state index contributed by atoms with van der Waals surface area (Å²) in [6.45, 7) is 4.68. The molecule has 0 radical (unpaired) electrons. The van der Waals surface area contributed by atoms with Crippen molar-refractivity contribution in [2.75, 3.05) is 6.54 Å². The summed E-state index contributed by atoms with van der Waals surface area (Å²) >= 11 is 0. The molecule has 3 N–H and O–H groups in total. The lowest BCUT2D eigenvalue weighted by Gasteiger charge is -2.41. The van der Waals surface area contributed by atoms with Gasteiger partial charge in [-0.15, -0.1) is 0 Å². The number of hydrogen-bond donors (Lipinski definition) is 3. The number of carboxylic acid groups (broad SMARTS) is 1. The summed E-state index contributed by atoms with van der Waals surface area (Å²) in [6, 6.07) is 0.361. The van der Waals surface area contributed by atoms with Crippen molar-refractivity contribution in [3.8, 4) is 0 Å². The largest absolute Gasteiger partial charge is 0.481 e. The van der Waals surface area contributed by atoms with Gasteiger partial charge in [-0.25, -0.2) is 0 Å². The number of aliphatic carboxylic acids is 1. The third kappa shape index (κ3) is 4.73. The van der Waals surface area contributed by atoms with Gasteiger partial charge in [0.1, 0.15) is 0 Å². The Morgan fingerprint density at radius 1 is 1.35 bits per heavy atom. The van der Waals surface area contributed by atoms with Gasteiger partial charge in [0.05, 0.1) is 12.0 Å². The Bertz CT molecular complexity index is 285. The summed E-state index contributed by atoms with van der Waals surface area (Å²) in [4.78, 5) is 22.4. The van der Waals surface area contributed by atoms with Gasteiger partial charge in [-0.1, -0.05) is 13.8 Å². The van der Waals surface area contributed by atoms with E-state index < -0.39 is 11.5 Å². The summed E-state index contributed by atoms with van der Waals surface area (Å²) < 4.78 is 0. The van der Waals surface area contributed by atoms with E-state index in [4.69, 9.17) is 5.11 Å². The third-order valence-electron chi connectivity index (χ3n) is 3.11. The molecule has 0 spiro atoms. The molecular formula is C12H22N2O3. The van der Waals surface area contributed by atoms with Crippen molar-refractivity contribution in [2.24, 2.45) is 0 Å². The van der Waals surface area contributed by atoms with Crippen molar-refractivity contribution >= 4 is 11.9 Å². The number of hydrogen-bond acceptors (Lipinski definition) is 3. The van der Waals surface area contributed by atoms with E-state index in [0.717, 1.165) is 19.3 Å². The van der Waals surface area contributed by atoms with Crippen molar-refractivity contribution in [3.63, 3.8) is 0 Å². The van der Waals surface area contributed by atoms with Crippen LogP contribution >= 0.6 is 0 Å². The van der Waals surface area contributed by atoms with E-state index in [9.17, 15) is 9.59 Å². The molecule has 1 fully saturated rings. The van der Waals surface area contributed by atoms with E-state index in [2.05, 4.69) is 10.6 Å². The molecule has 1 rings (SSSR count). The molecule has 5 nitrogen and oxygen atoms in total. The average Bonchev–Trinajstić information content (AvgIpc) is 2.12. The predicted molar refractivity (Wildman–Crippen MR) is 64.7 cm³/mol. The van der Waals surface area contributed by atoms with Crippen molar-refractivity contribution in [1.29, 1.82) is 0 Å². The van der Waals surface area contributed by atoms with Gasteiger partial charge >= 0.3 is 5.97 Å². The standard InChI is InChI=1S/C12H22N2O3/c1-9(2)13-7-4-10(15)14-12(5-3-6-12)8-11(16)17/h9,13H,3-8H2,1-2H3,(H,14,15)(H,16,17). The number of carbonyl (C=O) groups excluding carboxylic acids is 1. The molecule has 0 aromatic rings. The smallest absolute Gasteiger partial charge is 0.305 e. The first kappa shape index (κ1) is 14.0. The number of carbonyl (C=O) groups is 2. The van der Waals surface area contributed by atoms with Crippen LogP contribution in [-0.2, 0) is 9.59 Å². The summed E-state index contributed by atoms with van der Waals surface area (Å²) in [6.07, 6.45) is 3.00. The van der Waals surface area contributed by atoms with Crippen LogP contribution in [0.5, 0.6) is 0 Å². The molecule has 1 saturated carbocycles. The zero-order valence-electron chi connectivity index (χ0n) is 10.6. The highest BCUT2D eigenvalue weighted by Gasteiger charge is 2.40. The van der Waals surface area contributed by atoms with Crippen LogP contribution in [0.15, 0.2) is 0 Å². The molecule has 0 bridgehead atoms. The molecule has 0 aliphatic heterocycles. The lowest BCUT2D eigenvalue weighted by Crippen LogP contribution is -2.55. The fraction of sp³-hybridized carbons (Fsp3) is 0.833. The number of nitrogens with one attached hydrogen (secondary N) is 2. The fourth-order valence-electron chi connectivity index (χ4n) is 2.07. The Morgan fingerprint density at radius 2 is 2.00 bits per heavy atom. The van der Waals surface area contributed by atoms with Crippen molar-refractivity contribution in [1.82, 2.24) is 10.6 Å². The topological polar surface area (TPSA) is 78.4 Å². The minimum absolute atomic E-state index is 0.0380. The molecule has 98 valence electrons. The van der Waals surface area contributed by atoms with Gasteiger partial charge in [0.25, 0.3) is 0 Å². The summed E-state index contributed by atoms with van der Waals surface area (Å²) in [5, 5.41) is 14.8. The second-order valence-corrected chi connectivity index (χ2v) is 5.11. The Hall–Kier alpha value is -1.10. The maximum absolute atomic E-state index is 11.7. The molecule has 1 aliphatic carbocycles. The van der Waals surface area contributed by atoms with Crippen LogP contribution in [0.25, 0.3) is 0 Å². The van der Waals surface area contributed by atoms with Crippen LogP contribution in [-0.4, -0.2) is 35.1 Å². The van der Waals surface area contributed by atoms with Gasteiger partial charge in [-0.2, -0.15) is 0 Å². The highest BCUT2D eigenvalue weighted by molar-refractivity contribution is 5.78. The molecule has 0 unspecified atom stereocenters. The van der Waals surface area contributed by atoms with Gasteiger partial charge in [0.2, 0.25) is 5.91 Å². The van der Waals surface area contributed by atoms with E-state index in [1.54, 1.807) is 0 Å². The Morgan fingerprint density at radius 3 is 2.41 bits per heavy atom. The van der Waals surface area contributed by atoms with Crippen molar-refractivity contribution in [2.45, 2.75) is 57.5 Å². The molecular weight excluding hydrogens is 220 g/mol. The third-order valence-corrected chi connectivity index (χ3v) is 3.11. The van der Waals surface area contributed by atoms with Crippen LogP contribution in [0.4, 0.5) is 0 Å². The Balaban J connectivity index is 2.30. The van der Waals surface area contributed by atoms with Crippen LogP contribution in [0.3, 0.4) is 0 Å². The highest BCUT2D eigenvalue weighted by atomic mass is 16.4. The van der Waals surface area contributed by atoms with E-state index in [1.165, 1.54) is 0 Å². The van der Waals surface area contributed by atoms with E-state index in [-0.39, 0.29) is 12.3 Å². The minimum atomic E-state index is -0.842. The van der Waals surface area contributed by atoms with Crippen LogP contribution < -0.4 is 10.6 Å². The van der Waals surface area contributed by atoms with Gasteiger partial charge < -0.3 is 15.7 Å². The van der Waals surface area contributed by atoms with Crippen LogP contribution in [0, 0.1) is 0 Å². The zero-order valence-corrected chi connectivity index (χ0v) is 10.6. The summed E-state index contributed by atoms with van der Waals surface area (Å²) in [5.41, 5.74) is -0.471. The van der Waals surface area contributed by atoms with Crippen LogP contribution in [0.1, 0.15) is 46.0 Å². The lowest BCUT2D eigenvalue weighted by atomic mass is 9.74. The quantitative estimate of drug-likeness (QED) is 0.619. The maximum atomic E-state index is 11.7. The maximum Gasteiger partial charge on any atom is 0.305 e. The zero-order chi connectivity index (χ0) is 12.9. The van der Waals surface area contributed by atoms with Gasteiger partial charge in [-0.3, -0.25) is 9.59 Å². The van der Waals surface area contributed by atoms with Crippen molar-refractivity contribution < 1.29 is 14.7 Å². The fourth-order valence-corrected chi connectivity index (χ4v) is 2.07. The molecule has 0 atom stereocenters. The molecule has 0 saturated heterocycles. The average molecular weight is 242 g/mol. The molecule has 0 heterocycles. The first-order chi connectivity index (χ1) is 7.93. The molecule has 0 aromatic carbocycles.